The van der Waals surface area contributed by atoms with Crippen LogP contribution >= 0.6 is 12.4 Å². The zero-order chi connectivity index (χ0) is 13.1. The van der Waals surface area contributed by atoms with Gasteiger partial charge in [-0.2, -0.15) is 0 Å². The molecule has 0 aromatic carbocycles. The summed E-state index contributed by atoms with van der Waals surface area (Å²) in [5.74, 6) is 0.258. The second-order valence-corrected chi connectivity index (χ2v) is 5.96. The summed E-state index contributed by atoms with van der Waals surface area (Å²) in [6.45, 7) is 4.55. The average Bonchev–Trinajstić information content (AvgIpc) is 3.00. The molecular formula is C14H27ClN2O2. The van der Waals surface area contributed by atoms with Crippen molar-refractivity contribution in [2.75, 3.05) is 26.8 Å². The Labute approximate surface area is 122 Å². The van der Waals surface area contributed by atoms with Crippen LogP contribution in [-0.4, -0.2) is 38.3 Å². The van der Waals surface area contributed by atoms with E-state index in [2.05, 4.69) is 17.6 Å². The average molecular weight is 291 g/mol. The van der Waals surface area contributed by atoms with Gasteiger partial charge in [-0.3, -0.25) is 4.79 Å². The number of methoxy groups -OCH3 is 1. The number of ether oxygens (including phenoxy) is 1. The van der Waals surface area contributed by atoms with Crippen molar-refractivity contribution in [3.63, 3.8) is 0 Å². The number of halogens is 1. The van der Waals surface area contributed by atoms with Gasteiger partial charge in [0.1, 0.15) is 0 Å². The van der Waals surface area contributed by atoms with E-state index in [4.69, 9.17) is 4.74 Å². The molecule has 112 valence electrons. The molecule has 1 saturated heterocycles. The van der Waals surface area contributed by atoms with Crippen LogP contribution < -0.4 is 10.6 Å². The lowest BCUT2D eigenvalue weighted by Crippen LogP contribution is -2.53. The summed E-state index contributed by atoms with van der Waals surface area (Å²) in [7, 11) is 1.73. The van der Waals surface area contributed by atoms with Gasteiger partial charge in [0.25, 0.3) is 0 Å². The summed E-state index contributed by atoms with van der Waals surface area (Å²) in [4.78, 5) is 12.2. The van der Waals surface area contributed by atoms with Crippen molar-refractivity contribution in [1.29, 1.82) is 0 Å². The van der Waals surface area contributed by atoms with Crippen LogP contribution in [0.2, 0.25) is 0 Å². The quantitative estimate of drug-likeness (QED) is 0.753. The zero-order valence-electron chi connectivity index (χ0n) is 12.1. The van der Waals surface area contributed by atoms with Gasteiger partial charge in [0.05, 0.1) is 12.1 Å². The summed E-state index contributed by atoms with van der Waals surface area (Å²) in [5.41, 5.74) is -0.0612. The summed E-state index contributed by atoms with van der Waals surface area (Å²) in [6.07, 6.45) is 6.51. The Kier molecular flexibility index (Phi) is 6.09. The number of amides is 1. The molecule has 5 heteroatoms. The van der Waals surface area contributed by atoms with Crippen molar-refractivity contribution >= 4 is 18.3 Å². The Bertz CT molecular complexity index is 300. The zero-order valence-corrected chi connectivity index (χ0v) is 12.9. The van der Waals surface area contributed by atoms with Crippen LogP contribution in [0.25, 0.3) is 0 Å². The number of nitrogens with one attached hydrogen (secondary N) is 2. The summed E-state index contributed by atoms with van der Waals surface area (Å²) in [5, 5.41) is 6.65. The van der Waals surface area contributed by atoms with E-state index in [1.165, 1.54) is 6.42 Å². The molecule has 0 aromatic heterocycles. The Morgan fingerprint density at radius 3 is 2.58 bits per heavy atom. The Hall–Kier alpha value is -0.320. The van der Waals surface area contributed by atoms with Crippen molar-refractivity contribution in [3.05, 3.63) is 0 Å². The largest absolute Gasteiger partial charge is 0.383 e. The van der Waals surface area contributed by atoms with E-state index in [9.17, 15) is 4.79 Å². The molecule has 1 saturated carbocycles. The molecule has 0 radical (unpaired) electrons. The second-order valence-electron chi connectivity index (χ2n) is 5.96. The highest BCUT2D eigenvalue weighted by Gasteiger charge is 2.49. The fourth-order valence-corrected chi connectivity index (χ4v) is 3.13. The fourth-order valence-electron chi connectivity index (χ4n) is 3.13. The number of hydrogen-bond donors (Lipinski definition) is 2. The first-order valence-electron chi connectivity index (χ1n) is 7.19. The van der Waals surface area contributed by atoms with Gasteiger partial charge in [-0.1, -0.05) is 13.3 Å². The van der Waals surface area contributed by atoms with E-state index in [0.717, 1.165) is 38.6 Å². The van der Waals surface area contributed by atoms with E-state index in [0.29, 0.717) is 13.2 Å². The van der Waals surface area contributed by atoms with Crippen LogP contribution in [-0.2, 0) is 9.53 Å². The summed E-state index contributed by atoms with van der Waals surface area (Å²) >= 11 is 0. The molecule has 1 unspecified atom stereocenters. The second kappa shape index (κ2) is 6.91. The van der Waals surface area contributed by atoms with Crippen LogP contribution in [0.4, 0.5) is 0 Å². The Morgan fingerprint density at radius 2 is 2.11 bits per heavy atom. The monoisotopic (exact) mass is 290 g/mol. The molecule has 1 amide bonds. The van der Waals surface area contributed by atoms with E-state index < -0.39 is 0 Å². The Balaban J connectivity index is 0.00000180. The van der Waals surface area contributed by atoms with Gasteiger partial charge in [0, 0.05) is 19.1 Å². The smallest absolute Gasteiger partial charge is 0.226 e. The van der Waals surface area contributed by atoms with Gasteiger partial charge in [-0.25, -0.2) is 0 Å². The Morgan fingerprint density at radius 1 is 1.37 bits per heavy atom. The molecule has 2 aliphatic rings. The van der Waals surface area contributed by atoms with Crippen LogP contribution in [0.15, 0.2) is 0 Å². The maximum Gasteiger partial charge on any atom is 0.226 e. The molecule has 0 bridgehead atoms. The highest BCUT2D eigenvalue weighted by atomic mass is 35.5. The minimum atomic E-state index is -0.0350. The number of hydrogen-bond acceptors (Lipinski definition) is 3. The lowest BCUT2D eigenvalue weighted by atomic mass is 9.96. The SMILES string of the molecule is CCCC1(C(=O)NCC2(COC)CCCN2)CC1.Cl. The lowest BCUT2D eigenvalue weighted by Gasteiger charge is -2.30. The molecule has 1 aliphatic carbocycles. The number of carbonyl (C=O) groups excluding carboxylic acids is 1. The molecule has 2 fully saturated rings. The molecule has 4 nitrogen and oxygen atoms in total. The molecule has 2 N–H and O–H groups in total. The number of carbonyl (C=O) groups is 1. The molecule has 1 atom stereocenters. The van der Waals surface area contributed by atoms with Gasteiger partial charge < -0.3 is 15.4 Å². The maximum atomic E-state index is 12.2. The van der Waals surface area contributed by atoms with Gasteiger partial charge >= 0.3 is 0 Å². The predicted octanol–water partition coefficient (Wildman–Crippen LogP) is 1.87. The molecular weight excluding hydrogens is 264 g/mol. The molecule has 19 heavy (non-hydrogen) atoms. The van der Waals surface area contributed by atoms with E-state index in [1.54, 1.807) is 7.11 Å². The molecule has 1 aliphatic heterocycles. The van der Waals surface area contributed by atoms with Crippen LogP contribution in [0.5, 0.6) is 0 Å². The lowest BCUT2D eigenvalue weighted by molar-refractivity contribution is -0.127. The predicted molar refractivity (Wildman–Crippen MR) is 78.7 cm³/mol. The molecule has 1 heterocycles. The number of rotatable bonds is 7. The van der Waals surface area contributed by atoms with Gasteiger partial charge in [-0.15, -0.1) is 12.4 Å². The van der Waals surface area contributed by atoms with E-state index in [-0.39, 0.29) is 29.3 Å². The minimum absolute atomic E-state index is 0. The minimum Gasteiger partial charge on any atom is -0.383 e. The van der Waals surface area contributed by atoms with Crippen LogP contribution in [0.1, 0.15) is 45.4 Å². The van der Waals surface area contributed by atoms with Gasteiger partial charge in [-0.05, 0) is 38.6 Å². The van der Waals surface area contributed by atoms with E-state index in [1.807, 2.05) is 0 Å². The van der Waals surface area contributed by atoms with Crippen molar-refractivity contribution in [2.45, 2.75) is 51.0 Å². The normalized spacial score (nSPS) is 27.7. The maximum absolute atomic E-state index is 12.2. The van der Waals surface area contributed by atoms with E-state index >= 15 is 0 Å². The summed E-state index contributed by atoms with van der Waals surface area (Å²) in [6, 6.07) is 0. The van der Waals surface area contributed by atoms with Crippen molar-refractivity contribution in [2.24, 2.45) is 5.41 Å². The van der Waals surface area contributed by atoms with Crippen molar-refractivity contribution in [1.82, 2.24) is 10.6 Å². The molecule has 0 aromatic rings. The molecule has 0 spiro atoms. The standard InChI is InChI=1S/C14H26N2O2.ClH/c1-3-5-13(7-8-13)12(17)15-10-14(11-18-2)6-4-9-16-14;/h16H,3-11H2,1-2H3,(H,15,17);1H. The highest BCUT2D eigenvalue weighted by molar-refractivity contribution is 5.85. The third-order valence-corrected chi connectivity index (χ3v) is 4.40. The van der Waals surface area contributed by atoms with Crippen molar-refractivity contribution in [3.8, 4) is 0 Å². The first-order chi connectivity index (χ1) is 8.66. The third kappa shape index (κ3) is 3.83. The topological polar surface area (TPSA) is 50.4 Å². The van der Waals surface area contributed by atoms with Crippen molar-refractivity contribution < 1.29 is 9.53 Å². The van der Waals surface area contributed by atoms with Crippen LogP contribution in [0, 0.1) is 5.41 Å². The first kappa shape index (κ1) is 16.7. The third-order valence-electron chi connectivity index (χ3n) is 4.40. The van der Waals surface area contributed by atoms with Crippen LogP contribution in [0.3, 0.4) is 0 Å². The molecule has 2 rings (SSSR count). The van der Waals surface area contributed by atoms with Gasteiger partial charge in [0.2, 0.25) is 5.91 Å². The van der Waals surface area contributed by atoms with Gasteiger partial charge in [0.15, 0.2) is 0 Å². The first-order valence-corrected chi connectivity index (χ1v) is 7.19. The summed E-state index contributed by atoms with van der Waals surface area (Å²) < 4.78 is 5.30. The highest BCUT2D eigenvalue weighted by Crippen LogP contribution is 2.49. The fraction of sp³-hybridized carbons (Fsp3) is 0.929.